The lowest BCUT2D eigenvalue weighted by Crippen LogP contribution is -2.25. The van der Waals surface area contributed by atoms with Crippen LogP contribution in [0.3, 0.4) is 0 Å². The van der Waals surface area contributed by atoms with Crippen molar-refractivity contribution in [1.82, 2.24) is 10.1 Å². The third kappa shape index (κ3) is 3.47. The maximum absolute atomic E-state index is 12.1. The van der Waals surface area contributed by atoms with Gasteiger partial charge in [0.1, 0.15) is 0 Å². The summed E-state index contributed by atoms with van der Waals surface area (Å²) >= 11 is 0. The van der Waals surface area contributed by atoms with Gasteiger partial charge in [0.05, 0.1) is 18.4 Å². The van der Waals surface area contributed by atoms with Gasteiger partial charge in [-0.05, 0) is 24.6 Å². The number of benzene rings is 1. The van der Waals surface area contributed by atoms with Crippen molar-refractivity contribution in [3.05, 3.63) is 52.9 Å². The van der Waals surface area contributed by atoms with Crippen molar-refractivity contribution in [1.29, 1.82) is 0 Å². The van der Waals surface area contributed by atoms with Crippen LogP contribution in [0.1, 0.15) is 32.2 Å². The van der Waals surface area contributed by atoms with Crippen molar-refractivity contribution in [2.24, 2.45) is 0 Å². The third-order valence-electron chi connectivity index (χ3n) is 2.98. The Labute approximate surface area is 122 Å². The topological polar surface area (TPSA) is 72.6 Å². The van der Waals surface area contributed by atoms with Crippen LogP contribution in [0.4, 0.5) is 0 Å². The van der Waals surface area contributed by atoms with E-state index in [4.69, 9.17) is 4.52 Å². The monoisotopic (exact) mass is 288 g/mol. The van der Waals surface area contributed by atoms with Gasteiger partial charge in [-0.25, -0.2) is 4.79 Å². The van der Waals surface area contributed by atoms with Crippen molar-refractivity contribution in [3.8, 4) is 0 Å². The lowest BCUT2D eigenvalue weighted by Gasteiger charge is -2.15. The Balaban J connectivity index is 2.04. The minimum Gasteiger partial charge on any atom is -0.465 e. The highest BCUT2D eigenvalue weighted by Crippen LogP contribution is 2.11. The highest BCUT2D eigenvalue weighted by Gasteiger charge is 2.17. The van der Waals surface area contributed by atoms with Crippen LogP contribution in [0.25, 0.3) is 0 Å². The number of carbonyl (C=O) groups is 2. The summed E-state index contributed by atoms with van der Waals surface area (Å²) in [6.45, 7) is 2.16. The first-order valence-corrected chi connectivity index (χ1v) is 6.37. The van der Waals surface area contributed by atoms with Gasteiger partial charge in [-0.1, -0.05) is 17.3 Å². The molecule has 0 aliphatic heterocycles. The summed E-state index contributed by atoms with van der Waals surface area (Å²) in [6, 6.07) is 8.48. The van der Waals surface area contributed by atoms with Gasteiger partial charge in [0, 0.05) is 19.7 Å². The number of aryl methyl sites for hydroxylation is 1. The zero-order valence-electron chi connectivity index (χ0n) is 12.1. The number of hydrogen-bond donors (Lipinski definition) is 0. The molecule has 0 bridgehead atoms. The van der Waals surface area contributed by atoms with Crippen LogP contribution < -0.4 is 0 Å². The summed E-state index contributed by atoms with van der Waals surface area (Å²) in [6.07, 6.45) is 0. The number of esters is 1. The average molecular weight is 288 g/mol. The van der Waals surface area contributed by atoms with Crippen LogP contribution in [-0.2, 0) is 11.3 Å². The zero-order chi connectivity index (χ0) is 15.4. The molecular formula is C15H16N2O4. The molecule has 6 heteroatoms. The Bertz CT molecular complexity index is 646. The van der Waals surface area contributed by atoms with E-state index in [9.17, 15) is 9.59 Å². The van der Waals surface area contributed by atoms with Crippen molar-refractivity contribution in [2.45, 2.75) is 13.5 Å². The van der Waals surface area contributed by atoms with E-state index in [1.54, 1.807) is 44.3 Å². The van der Waals surface area contributed by atoms with E-state index in [-0.39, 0.29) is 17.6 Å². The second-order valence-electron chi connectivity index (χ2n) is 4.68. The third-order valence-corrected chi connectivity index (χ3v) is 2.98. The predicted octanol–water partition coefficient (Wildman–Crippen LogP) is 2.04. The summed E-state index contributed by atoms with van der Waals surface area (Å²) in [4.78, 5) is 25.0. The standard InChI is InChI=1S/C15H16N2O4/c1-10-8-13(21-16-10)14(18)17(2)9-11-4-6-12(7-5-11)15(19)20-3/h4-8H,9H2,1-3H3. The van der Waals surface area contributed by atoms with E-state index in [2.05, 4.69) is 9.89 Å². The summed E-state index contributed by atoms with van der Waals surface area (Å²) in [5.41, 5.74) is 2.03. The van der Waals surface area contributed by atoms with Gasteiger partial charge in [-0.2, -0.15) is 0 Å². The molecule has 0 atom stereocenters. The fourth-order valence-electron chi connectivity index (χ4n) is 1.86. The molecule has 1 aromatic carbocycles. The van der Waals surface area contributed by atoms with Crippen molar-refractivity contribution in [3.63, 3.8) is 0 Å². The summed E-state index contributed by atoms with van der Waals surface area (Å²) in [5, 5.41) is 3.69. The smallest absolute Gasteiger partial charge is 0.337 e. The van der Waals surface area contributed by atoms with Gasteiger partial charge < -0.3 is 14.2 Å². The van der Waals surface area contributed by atoms with Crippen LogP contribution in [-0.4, -0.2) is 36.1 Å². The number of amides is 1. The Morgan fingerprint density at radius 1 is 1.29 bits per heavy atom. The van der Waals surface area contributed by atoms with Crippen LogP contribution in [0.2, 0.25) is 0 Å². The second kappa shape index (κ2) is 6.21. The summed E-state index contributed by atoms with van der Waals surface area (Å²) in [5.74, 6) is -0.419. The quantitative estimate of drug-likeness (QED) is 0.805. The molecule has 0 spiro atoms. The van der Waals surface area contributed by atoms with E-state index in [1.807, 2.05) is 0 Å². The first-order chi connectivity index (χ1) is 10.0. The first kappa shape index (κ1) is 14.8. The molecule has 2 aromatic rings. The van der Waals surface area contributed by atoms with Gasteiger partial charge in [-0.3, -0.25) is 4.79 Å². The number of ether oxygens (including phenoxy) is 1. The molecular weight excluding hydrogens is 272 g/mol. The van der Waals surface area contributed by atoms with Gasteiger partial charge in [0.2, 0.25) is 5.76 Å². The highest BCUT2D eigenvalue weighted by atomic mass is 16.5. The molecule has 0 saturated carbocycles. The lowest BCUT2D eigenvalue weighted by molar-refractivity contribution is 0.0600. The molecule has 1 amide bonds. The van der Waals surface area contributed by atoms with Crippen LogP contribution in [0.5, 0.6) is 0 Å². The second-order valence-corrected chi connectivity index (χ2v) is 4.68. The molecule has 0 fully saturated rings. The van der Waals surface area contributed by atoms with E-state index in [1.165, 1.54) is 12.0 Å². The van der Waals surface area contributed by atoms with Gasteiger partial charge in [0.15, 0.2) is 0 Å². The molecule has 0 saturated heterocycles. The SMILES string of the molecule is COC(=O)c1ccc(CN(C)C(=O)c2cc(C)no2)cc1. The Morgan fingerprint density at radius 3 is 2.48 bits per heavy atom. The van der Waals surface area contributed by atoms with E-state index >= 15 is 0 Å². The number of methoxy groups -OCH3 is 1. The van der Waals surface area contributed by atoms with Gasteiger partial charge >= 0.3 is 5.97 Å². The molecule has 0 N–H and O–H groups in total. The number of hydrogen-bond acceptors (Lipinski definition) is 5. The molecule has 2 rings (SSSR count). The van der Waals surface area contributed by atoms with Crippen molar-refractivity contribution < 1.29 is 18.8 Å². The Hall–Kier alpha value is -2.63. The number of rotatable bonds is 4. The maximum atomic E-state index is 12.1. The Kier molecular flexibility index (Phi) is 4.37. The van der Waals surface area contributed by atoms with Crippen LogP contribution in [0, 0.1) is 6.92 Å². The number of aromatic nitrogens is 1. The highest BCUT2D eigenvalue weighted by molar-refractivity contribution is 5.91. The maximum Gasteiger partial charge on any atom is 0.337 e. The van der Waals surface area contributed by atoms with E-state index in [0.29, 0.717) is 17.8 Å². The minimum atomic E-state index is -0.386. The minimum absolute atomic E-state index is 0.209. The fraction of sp³-hybridized carbons (Fsp3) is 0.267. The van der Waals surface area contributed by atoms with Gasteiger partial charge in [-0.15, -0.1) is 0 Å². The normalized spacial score (nSPS) is 10.2. The summed E-state index contributed by atoms with van der Waals surface area (Å²) in [7, 11) is 3.01. The summed E-state index contributed by atoms with van der Waals surface area (Å²) < 4.78 is 9.58. The zero-order valence-corrected chi connectivity index (χ0v) is 12.1. The molecule has 0 unspecified atom stereocenters. The fourth-order valence-corrected chi connectivity index (χ4v) is 1.86. The molecule has 21 heavy (non-hydrogen) atoms. The lowest BCUT2D eigenvalue weighted by atomic mass is 10.1. The molecule has 110 valence electrons. The first-order valence-electron chi connectivity index (χ1n) is 6.37. The predicted molar refractivity (Wildman–Crippen MR) is 74.8 cm³/mol. The molecule has 6 nitrogen and oxygen atoms in total. The molecule has 0 aliphatic rings. The Morgan fingerprint density at radius 2 is 1.95 bits per heavy atom. The molecule has 0 aliphatic carbocycles. The average Bonchev–Trinajstić information content (AvgIpc) is 2.93. The number of carbonyl (C=O) groups excluding carboxylic acids is 2. The van der Waals surface area contributed by atoms with E-state index in [0.717, 1.165) is 5.56 Å². The molecule has 0 radical (unpaired) electrons. The van der Waals surface area contributed by atoms with Crippen molar-refractivity contribution >= 4 is 11.9 Å². The molecule has 1 aromatic heterocycles. The van der Waals surface area contributed by atoms with Crippen LogP contribution >= 0.6 is 0 Å². The molecule has 1 heterocycles. The largest absolute Gasteiger partial charge is 0.465 e. The number of nitrogens with zero attached hydrogens (tertiary/aromatic N) is 2. The van der Waals surface area contributed by atoms with Crippen molar-refractivity contribution in [2.75, 3.05) is 14.2 Å². The van der Waals surface area contributed by atoms with Gasteiger partial charge in [0.25, 0.3) is 5.91 Å². The van der Waals surface area contributed by atoms with Crippen LogP contribution in [0.15, 0.2) is 34.9 Å². The van der Waals surface area contributed by atoms with E-state index < -0.39 is 0 Å².